The Labute approximate surface area is 170 Å². The predicted molar refractivity (Wildman–Crippen MR) is 110 cm³/mol. The molecule has 1 N–H and O–H groups in total. The van der Waals surface area contributed by atoms with Gasteiger partial charge < -0.3 is 14.4 Å². The summed E-state index contributed by atoms with van der Waals surface area (Å²) in [7, 11) is 0. The fraction of sp³-hybridized carbons (Fsp3) is 0.455. The number of hydrogen-bond acceptors (Lipinski definition) is 4. The Balaban J connectivity index is 1.79. The first-order valence-corrected chi connectivity index (χ1v) is 10.2. The van der Waals surface area contributed by atoms with E-state index in [4.69, 9.17) is 16.3 Å². The Morgan fingerprint density at radius 3 is 2.93 bits per heavy atom. The Kier molecular flexibility index (Phi) is 5.06. The van der Waals surface area contributed by atoms with Crippen molar-refractivity contribution in [3.05, 3.63) is 60.5 Å². The third kappa shape index (κ3) is 3.27. The zero-order valence-electron chi connectivity index (χ0n) is 16.4. The summed E-state index contributed by atoms with van der Waals surface area (Å²) in [4.78, 5) is 8.88. The van der Waals surface area contributed by atoms with Crippen LogP contribution in [0.15, 0.2) is 49.1 Å². The van der Waals surface area contributed by atoms with Gasteiger partial charge in [0, 0.05) is 35.9 Å². The van der Waals surface area contributed by atoms with E-state index in [-0.39, 0.29) is 17.3 Å². The van der Waals surface area contributed by atoms with Crippen LogP contribution in [-0.2, 0) is 0 Å². The van der Waals surface area contributed by atoms with Gasteiger partial charge in [-0.05, 0) is 32.3 Å². The van der Waals surface area contributed by atoms with Crippen LogP contribution in [0.5, 0.6) is 5.75 Å². The predicted octanol–water partition coefficient (Wildman–Crippen LogP) is 4.38. The van der Waals surface area contributed by atoms with E-state index < -0.39 is 11.7 Å². The van der Waals surface area contributed by atoms with Crippen molar-refractivity contribution in [2.45, 2.75) is 56.7 Å². The average Bonchev–Trinajstić information content (AvgIpc) is 3.14. The van der Waals surface area contributed by atoms with Crippen LogP contribution in [0.3, 0.4) is 0 Å². The molecule has 2 aliphatic rings. The van der Waals surface area contributed by atoms with Gasteiger partial charge >= 0.3 is 0 Å². The molecular formula is C22H26ClN3O2. The van der Waals surface area contributed by atoms with Crippen LogP contribution in [0.25, 0.3) is 5.57 Å². The third-order valence-electron chi connectivity index (χ3n) is 5.62. The first-order chi connectivity index (χ1) is 13.4. The lowest BCUT2D eigenvalue weighted by atomic mass is 9.86. The molecule has 0 spiro atoms. The number of aromatic nitrogens is 3. The van der Waals surface area contributed by atoms with Gasteiger partial charge in [0.25, 0.3) is 0 Å². The summed E-state index contributed by atoms with van der Waals surface area (Å²) in [6.07, 6.45) is 14.8. The summed E-state index contributed by atoms with van der Waals surface area (Å²) >= 11 is 6.48. The van der Waals surface area contributed by atoms with Crippen molar-refractivity contribution in [2.75, 3.05) is 0 Å². The molecule has 0 fully saturated rings. The minimum Gasteiger partial charge on any atom is -0.485 e. The molecule has 5 nitrogen and oxygen atoms in total. The number of hydrogen-bond donors (Lipinski definition) is 1. The van der Waals surface area contributed by atoms with Crippen molar-refractivity contribution in [3.8, 4) is 5.75 Å². The normalized spacial score (nSPS) is 28.4. The van der Waals surface area contributed by atoms with Crippen LogP contribution in [-0.4, -0.2) is 36.7 Å². The zero-order chi connectivity index (χ0) is 19.9. The van der Waals surface area contributed by atoms with E-state index >= 15 is 0 Å². The molecule has 0 saturated carbocycles. The molecule has 6 heteroatoms. The molecule has 28 heavy (non-hydrogen) atoms. The first kappa shape index (κ1) is 19.2. The van der Waals surface area contributed by atoms with Crippen molar-refractivity contribution in [1.29, 1.82) is 0 Å². The van der Waals surface area contributed by atoms with Gasteiger partial charge in [0.05, 0.1) is 11.4 Å². The number of aliphatic hydroxyl groups excluding tert-OH is 1. The summed E-state index contributed by atoms with van der Waals surface area (Å²) in [6.45, 7) is 5.97. The van der Waals surface area contributed by atoms with Gasteiger partial charge in [0.1, 0.15) is 23.3 Å². The van der Waals surface area contributed by atoms with Gasteiger partial charge in [-0.1, -0.05) is 31.6 Å². The van der Waals surface area contributed by atoms with Crippen LogP contribution in [0.4, 0.5) is 0 Å². The second-order valence-corrected chi connectivity index (χ2v) is 8.55. The van der Waals surface area contributed by atoms with Gasteiger partial charge in [-0.2, -0.15) is 0 Å². The molecule has 2 unspecified atom stereocenters. The van der Waals surface area contributed by atoms with Crippen LogP contribution in [0.2, 0.25) is 0 Å². The smallest absolute Gasteiger partial charge is 0.140 e. The number of pyridine rings is 1. The van der Waals surface area contributed by atoms with Gasteiger partial charge in [-0.25, -0.2) is 4.98 Å². The molecule has 4 atom stereocenters. The van der Waals surface area contributed by atoms with E-state index in [0.29, 0.717) is 0 Å². The van der Waals surface area contributed by atoms with E-state index in [1.54, 1.807) is 18.6 Å². The highest BCUT2D eigenvalue weighted by Gasteiger charge is 2.44. The molecular weight excluding hydrogens is 374 g/mol. The molecule has 4 rings (SSSR count). The molecule has 0 bridgehead atoms. The molecule has 1 aliphatic heterocycles. The molecule has 148 valence electrons. The van der Waals surface area contributed by atoms with Gasteiger partial charge in [0.2, 0.25) is 0 Å². The highest BCUT2D eigenvalue weighted by Crippen LogP contribution is 2.42. The Bertz CT molecular complexity index is 918. The SMILES string of the molecule is CCCC1C=C(c2nccn2[C@@H]2c3cnccc3OC(C)(C)[C@H]2O)C=CC1Cl. The summed E-state index contributed by atoms with van der Waals surface area (Å²) in [5, 5.41) is 11.2. The van der Waals surface area contributed by atoms with Crippen molar-refractivity contribution < 1.29 is 9.84 Å². The number of rotatable bonds is 4. The number of imidazole rings is 1. The summed E-state index contributed by atoms with van der Waals surface area (Å²) in [5.41, 5.74) is 1.15. The molecule has 2 aromatic heterocycles. The van der Waals surface area contributed by atoms with Crippen LogP contribution < -0.4 is 4.74 Å². The van der Waals surface area contributed by atoms with Crippen LogP contribution in [0, 0.1) is 5.92 Å². The standard InChI is InChI=1S/C22H26ClN3O2/c1-4-5-14-12-15(6-7-17(14)23)21-25-10-11-26(21)19-16-13-24-9-8-18(16)28-22(2,3)20(19)27/h6-14,17,19-20,27H,4-5H2,1-3H3/t14?,17?,19-,20+/m1/s1. The quantitative estimate of drug-likeness (QED) is 0.775. The largest absolute Gasteiger partial charge is 0.485 e. The number of halogens is 1. The van der Waals surface area contributed by atoms with Gasteiger partial charge in [-0.15, -0.1) is 11.6 Å². The average molecular weight is 400 g/mol. The van der Waals surface area contributed by atoms with Gasteiger partial charge in [-0.3, -0.25) is 4.98 Å². The lowest BCUT2D eigenvalue weighted by molar-refractivity contribution is -0.0639. The maximum absolute atomic E-state index is 11.2. The number of nitrogens with zero attached hydrogens (tertiary/aromatic N) is 3. The summed E-state index contributed by atoms with van der Waals surface area (Å²) < 4.78 is 8.07. The van der Waals surface area contributed by atoms with Gasteiger partial charge in [0.15, 0.2) is 0 Å². The van der Waals surface area contributed by atoms with Crippen molar-refractivity contribution >= 4 is 17.2 Å². The minimum absolute atomic E-state index is 0.00430. The molecule has 3 heterocycles. The molecule has 0 aromatic carbocycles. The van der Waals surface area contributed by atoms with Crippen molar-refractivity contribution in [2.24, 2.45) is 5.92 Å². The highest BCUT2D eigenvalue weighted by atomic mass is 35.5. The zero-order valence-corrected chi connectivity index (χ0v) is 17.2. The Morgan fingerprint density at radius 2 is 2.14 bits per heavy atom. The maximum atomic E-state index is 11.2. The first-order valence-electron chi connectivity index (χ1n) is 9.80. The van der Waals surface area contributed by atoms with E-state index in [1.165, 1.54) is 0 Å². The van der Waals surface area contributed by atoms with E-state index in [1.807, 2.05) is 42.8 Å². The van der Waals surface area contributed by atoms with Crippen molar-refractivity contribution in [3.63, 3.8) is 0 Å². The topological polar surface area (TPSA) is 60.2 Å². The summed E-state index contributed by atoms with van der Waals surface area (Å²) in [6, 6.07) is 1.51. The monoisotopic (exact) mass is 399 g/mol. The van der Waals surface area contributed by atoms with Crippen LogP contribution >= 0.6 is 11.6 Å². The molecule has 0 radical (unpaired) electrons. The third-order valence-corrected chi connectivity index (χ3v) is 6.09. The number of alkyl halides is 1. The minimum atomic E-state index is -0.752. The second-order valence-electron chi connectivity index (χ2n) is 8.04. The highest BCUT2D eigenvalue weighted by molar-refractivity contribution is 6.22. The van der Waals surface area contributed by atoms with E-state index in [0.717, 1.165) is 35.6 Å². The lowest BCUT2D eigenvalue weighted by Crippen LogP contribution is -2.50. The van der Waals surface area contributed by atoms with E-state index in [2.05, 4.69) is 23.0 Å². The molecule has 0 amide bonds. The number of ether oxygens (including phenoxy) is 1. The fourth-order valence-electron chi connectivity index (χ4n) is 4.11. The van der Waals surface area contributed by atoms with Crippen LogP contribution in [0.1, 0.15) is 51.0 Å². The molecule has 1 aliphatic carbocycles. The molecule has 0 saturated heterocycles. The number of aliphatic hydroxyl groups is 1. The molecule has 2 aromatic rings. The van der Waals surface area contributed by atoms with Crippen molar-refractivity contribution in [1.82, 2.24) is 14.5 Å². The fourth-order valence-corrected chi connectivity index (χ4v) is 4.38. The van der Waals surface area contributed by atoms with E-state index in [9.17, 15) is 5.11 Å². The second kappa shape index (κ2) is 7.37. The lowest BCUT2D eigenvalue weighted by Gasteiger charge is -2.42. The number of fused-ring (bicyclic) bond motifs is 1. The number of allylic oxidation sites excluding steroid dienone is 4. The Morgan fingerprint density at radius 1 is 1.32 bits per heavy atom. The summed E-state index contributed by atoms with van der Waals surface area (Å²) in [5.74, 6) is 1.84. The maximum Gasteiger partial charge on any atom is 0.140 e. The Hall–Kier alpha value is -2.11.